The van der Waals surface area contributed by atoms with Crippen LogP contribution in [-0.4, -0.2) is 12.6 Å². The number of hydrogen-bond acceptors (Lipinski definition) is 2. The number of esters is 1. The van der Waals surface area contributed by atoms with E-state index in [-0.39, 0.29) is 5.97 Å². The van der Waals surface area contributed by atoms with Gasteiger partial charge in [0.05, 0.1) is 6.61 Å². The highest BCUT2D eigenvalue weighted by Crippen LogP contribution is 2.62. The molecule has 0 aliphatic heterocycles. The lowest BCUT2D eigenvalue weighted by atomic mass is 9.48. The van der Waals surface area contributed by atoms with E-state index >= 15 is 0 Å². The van der Waals surface area contributed by atoms with Crippen LogP contribution < -0.4 is 0 Å². The molecule has 100 valence electrons. The van der Waals surface area contributed by atoms with Crippen LogP contribution in [0.5, 0.6) is 0 Å². The Morgan fingerprint density at radius 2 is 1.67 bits per heavy atom. The van der Waals surface area contributed by atoms with Crippen molar-refractivity contribution in [2.75, 3.05) is 6.61 Å². The summed E-state index contributed by atoms with van der Waals surface area (Å²) in [6.45, 7) is 4.50. The molecule has 0 atom stereocenters. The molecular weight excluding hydrogens is 224 g/mol. The van der Waals surface area contributed by atoms with E-state index in [1.807, 2.05) is 6.92 Å². The third-order valence-corrected chi connectivity index (χ3v) is 5.50. The lowest BCUT2D eigenvalue weighted by molar-refractivity contribution is -0.137. The van der Waals surface area contributed by atoms with Crippen molar-refractivity contribution in [3.63, 3.8) is 0 Å². The molecule has 0 N–H and O–H groups in total. The molecular formula is C16H24O2. The zero-order chi connectivity index (χ0) is 12.8. The molecule has 0 radical (unpaired) electrons. The quantitative estimate of drug-likeness (QED) is 0.562. The molecule has 18 heavy (non-hydrogen) atoms. The Labute approximate surface area is 110 Å². The number of hydrogen-bond donors (Lipinski definition) is 0. The molecule has 0 saturated heterocycles. The topological polar surface area (TPSA) is 26.3 Å². The van der Waals surface area contributed by atoms with Crippen LogP contribution in [0.15, 0.2) is 11.6 Å². The summed E-state index contributed by atoms with van der Waals surface area (Å²) in [6, 6.07) is 0. The molecule has 4 aliphatic carbocycles. The van der Waals surface area contributed by atoms with Crippen LogP contribution in [-0.2, 0) is 9.53 Å². The average Bonchev–Trinajstić information content (AvgIpc) is 2.27. The maximum absolute atomic E-state index is 11.6. The number of allylic oxidation sites excluding steroid dienone is 1. The third-order valence-electron chi connectivity index (χ3n) is 5.50. The SMILES string of the molecule is CCOC(=O)/C=C(/C)C12CC3CC(CC(C3)C1)C2. The Kier molecular flexibility index (Phi) is 2.99. The summed E-state index contributed by atoms with van der Waals surface area (Å²) in [4.78, 5) is 11.6. The summed E-state index contributed by atoms with van der Waals surface area (Å²) >= 11 is 0. The first-order valence-electron chi connectivity index (χ1n) is 7.47. The smallest absolute Gasteiger partial charge is 0.330 e. The van der Waals surface area contributed by atoms with Crippen LogP contribution in [0.4, 0.5) is 0 Å². The summed E-state index contributed by atoms with van der Waals surface area (Å²) in [5.41, 5.74) is 1.64. The Morgan fingerprint density at radius 1 is 1.17 bits per heavy atom. The summed E-state index contributed by atoms with van der Waals surface area (Å²) in [6.07, 6.45) is 10.1. The Balaban J connectivity index is 1.80. The van der Waals surface area contributed by atoms with E-state index in [0.717, 1.165) is 17.8 Å². The van der Waals surface area contributed by atoms with Gasteiger partial charge in [0.25, 0.3) is 0 Å². The molecule has 0 aromatic carbocycles. The zero-order valence-electron chi connectivity index (χ0n) is 11.6. The molecule has 0 aromatic rings. The van der Waals surface area contributed by atoms with Gasteiger partial charge in [0.15, 0.2) is 0 Å². The van der Waals surface area contributed by atoms with Gasteiger partial charge in [-0.25, -0.2) is 4.79 Å². The van der Waals surface area contributed by atoms with Gasteiger partial charge < -0.3 is 4.74 Å². The lowest BCUT2D eigenvalue weighted by Crippen LogP contribution is -2.46. The molecule has 0 amide bonds. The van der Waals surface area contributed by atoms with Crippen LogP contribution in [0, 0.1) is 23.2 Å². The van der Waals surface area contributed by atoms with Gasteiger partial charge in [-0.3, -0.25) is 0 Å². The van der Waals surface area contributed by atoms with E-state index in [1.54, 1.807) is 6.08 Å². The molecule has 4 aliphatic rings. The Morgan fingerprint density at radius 3 is 2.11 bits per heavy atom. The standard InChI is InChI=1S/C16H24O2/c1-3-18-15(17)4-11(2)16-8-12-5-13(9-16)7-14(6-12)10-16/h4,12-14H,3,5-10H2,1-2H3/b11-4-. The van der Waals surface area contributed by atoms with Crippen LogP contribution >= 0.6 is 0 Å². The minimum Gasteiger partial charge on any atom is -0.463 e. The maximum atomic E-state index is 11.6. The summed E-state index contributed by atoms with van der Waals surface area (Å²) in [5.74, 6) is 2.65. The van der Waals surface area contributed by atoms with Crippen molar-refractivity contribution in [3.05, 3.63) is 11.6 Å². The van der Waals surface area contributed by atoms with E-state index in [1.165, 1.54) is 44.1 Å². The van der Waals surface area contributed by atoms with Gasteiger partial charge in [0, 0.05) is 6.08 Å². The highest BCUT2D eigenvalue weighted by molar-refractivity contribution is 5.83. The van der Waals surface area contributed by atoms with Gasteiger partial charge in [-0.15, -0.1) is 0 Å². The number of carbonyl (C=O) groups is 1. The summed E-state index contributed by atoms with van der Waals surface area (Å²) < 4.78 is 5.06. The largest absolute Gasteiger partial charge is 0.463 e. The van der Waals surface area contributed by atoms with Crippen molar-refractivity contribution in [3.8, 4) is 0 Å². The van der Waals surface area contributed by atoms with E-state index in [4.69, 9.17) is 4.74 Å². The molecule has 4 fully saturated rings. The fourth-order valence-corrected chi connectivity index (χ4v) is 5.11. The molecule has 4 bridgehead atoms. The first kappa shape index (κ1) is 12.3. The van der Waals surface area contributed by atoms with Crippen molar-refractivity contribution < 1.29 is 9.53 Å². The van der Waals surface area contributed by atoms with Crippen LogP contribution in [0.1, 0.15) is 52.4 Å². The first-order valence-corrected chi connectivity index (χ1v) is 7.47. The van der Waals surface area contributed by atoms with Crippen molar-refractivity contribution in [2.24, 2.45) is 23.2 Å². The van der Waals surface area contributed by atoms with Crippen molar-refractivity contribution >= 4 is 5.97 Å². The predicted octanol–water partition coefficient (Wildman–Crippen LogP) is 3.71. The van der Waals surface area contributed by atoms with E-state index < -0.39 is 0 Å². The second kappa shape index (κ2) is 4.40. The molecule has 0 heterocycles. The molecule has 0 aromatic heterocycles. The number of carbonyl (C=O) groups excluding carboxylic acids is 1. The van der Waals surface area contributed by atoms with E-state index in [2.05, 4.69) is 6.92 Å². The van der Waals surface area contributed by atoms with Gasteiger partial charge in [-0.2, -0.15) is 0 Å². The van der Waals surface area contributed by atoms with E-state index in [9.17, 15) is 4.79 Å². The minimum atomic E-state index is -0.147. The van der Waals surface area contributed by atoms with Crippen LogP contribution in [0.2, 0.25) is 0 Å². The molecule has 2 nitrogen and oxygen atoms in total. The van der Waals surface area contributed by atoms with Gasteiger partial charge in [0.2, 0.25) is 0 Å². The second-order valence-corrected chi connectivity index (χ2v) is 6.78. The molecule has 4 rings (SSSR count). The molecule has 2 heteroatoms. The van der Waals surface area contributed by atoms with Gasteiger partial charge in [-0.1, -0.05) is 5.57 Å². The van der Waals surface area contributed by atoms with Crippen LogP contribution in [0.3, 0.4) is 0 Å². The van der Waals surface area contributed by atoms with Gasteiger partial charge in [0.1, 0.15) is 0 Å². The third kappa shape index (κ3) is 2.00. The van der Waals surface area contributed by atoms with Crippen molar-refractivity contribution in [1.82, 2.24) is 0 Å². The maximum Gasteiger partial charge on any atom is 0.330 e. The summed E-state index contributed by atoms with van der Waals surface area (Å²) in [5, 5.41) is 0. The highest BCUT2D eigenvalue weighted by Gasteiger charge is 2.51. The van der Waals surface area contributed by atoms with E-state index in [0.29, 0.717) is 12.0 Å². The molecule has 0 unspecified atom stereocenters. The number of rotatable bonds is 3. The Bertz CT molecular complexity index is 345. The minimum absolute atomic E-state index is 0.147. The van der Waals surface area contributed by atoms with Crippen molar-refractivity contribution in [2.45, 2.75) is 52.4 Å². The average molecular weight is 248 g/mol. The monoisotopic (exact) mass is 248 g/mol. The normalized spacial score (nSPS) is 42.1. The number of ether oxygens (including phenoxy) is 1. The fraction of sp³-hybridized carbons (Fsp3) is 0.812. The lowest BCUT2D eigenvalue weighted by Gasteiger charge is -2.57. The summed E-state index contributed by atoms with van der Waals surface area (Å²) in [7, 11) is 0. The highest BCUT2D eigenvalue weighted by atomic mass is 16.5. The molecule has 0 spiro atoms. The van der Waals surface area contributed by atoms with Gasteiger partial charge >= 0.3 is 5.97 Å². The molecule has 4 saturated carbocycles. The Hall–Kier alpha value is -0.790. The van der Waals surface area contributed by atoms with Crippen molar-refractivity contribution in [1.29, 1.82) is 0 Å². The second-order valence-electron chi connectivity index (χ2n) is 6.78. The first-order chi connectivity index (χ1) is 8.61. The predicted molar refractivity (Wildman–Crippen MR) is 71.0 cm³/mol. The van der Waals surface area contributed by atoms with Crippen LogP contribution in [0.25, 0.3) is 0 Å². The fourth-order valence-electron chi connectivity index (χ4n) is 5.11. The van der Waals surface area contributed by atoms with Gasteiger partial charge in [-0.05, 0) is 75.5 Å². The zero-order valence-corrected chi connectivity index (χ0v) is 11.6.